The molecule has 20 heavy (non-hydrogen) atoms. The highest BCUT2D eigenvalue weighted by molar-refractivity contribution is 7.92. The van der Waals surface area contributed by atoms with Gasteiger partial charge in [-0.3, -0.25) is 4.79 Å². The van der Waals surface area contributed by atoms with Crippen LogP contribution in [0.2, 0.25) is 0 Å². The summed E-state index contributed by atoms with van der Waals surface area (Å²) in [6.45, 7) is 1.52. The predicted octanol–water partition coefficient (Wildman–Crippen LogP) is 0.611. The van der Waals surface area contributed by atoms with Crippen molar-refractivity contribution in [3.05, 3.63) is 11.6 Å². The highest BCUT2D eigenvalue weighted by Crippen LogP contribution is 2.20. The number of nitrogens with one attached hydrogen (secondary N) is 1. The van der Waals surface area contributed by atoms with E-state index >= 15 is 0 Å². The van der Waals surface area contributed by atoms with E-state index in [1.54, 1.807) is 12.5 Å². The number of hydrogen-bond donors (Lipinski definition) is 1. The summed E-state index contributed by atoms with van der Waals surface area (Å²) >= 11 is 0.984. The smallest absolute Gasteiger partial charge is 0.291 e. The molecule has 0 unspecified atom stereocenters. The van der Waals surface area contributed by atoms with Crippen molar-refractivity contribution in [2.45, 2.75) is 23.6 Å². The molecular weight excluding hydrogens is 302 g/mol. The number of aromatic nitrogens is 1. The zero-order valence-electron chi connectivity index (χ0n) is 11.1. The average Bonchev–Trinajstić information content (AvgIpc) is 2.93. The molecule has 1 N–H and O–H groups in total. The van der Waals surface area contributed by atoms with Gasteiger partial charge in [0.15, 0.2) is 0 Å². The first kappa shape index (κ1) is 15.4. The van der Waals surface area contributed by atoms with Gasteiger partial charge in [0.2, 0.25) is 10.2 Å². The van der Waals surface area contributed by atoms with Crippen LogP contribution in [0.5, 0.6) is 0 Å². The number of rotatable bonds is 5. The van der Waals surface area contributed by atoms with Crippen LogP contribution >= 0.6 is 11.3 Å². The lowest BCUT2D eigenvalue weighted by Crippen LogP contribution is -2.36. The Morgan fingerprint density at radius 1 is 1.55 bits per heavy atom. The van der Waals surface area contributed by atoms with Crippen LogP contribution in [0.1, 0.15) is 19.3 Å². The van der Waals surface area contributed by atoms with Gasteiger partial charge in [-0.1, -0.05) is 0 Å². The topological polar surface area (TPSA) is 88.6 Å². The molecule has 1 amide bonds. The molecule has 9 heteroatoms. The standard InChI is InChI=1S/C11H17N3O4S2/c1-18-14-5-2-9(3-6-14)8-10(15)13-20(16,17)11-12-4-7-19-11/h4,7,9H,2-3,5-6,8H2,1H3,(H,13,15). The van der Waals surface area contributed by atoms with E-state index in [0.29, 0.717) is 0 Å². The fraction of sp³-hybridized carbons (Fsp3) is 0.636. The summed E-state index contributed by atoms with van der Waals surface area (Å²) in [7, 11) is -2.19. The SMILES string of the molecule is CON1CCC(CC(=O)NS(=O)(=O)c2nccs2)CC1. The third kappa shape index (κ3) is 3.98. The highest BCUT2D eigenvalue weighted by Gasteiger charge is 2.25. The fourth-order valence-electron chi connectivity index (χ4n) is 2.14. The van der Waals surface area contributed by atoms with E-state index in [9.17, 15) is 13.2 Å². The molecule has 0 spiro atoms. The zero-order chi connectivity index (χ0) is 14.6. The van der Waals surface area contributed by atoms with Crippen molar-refractivity contribution in [1.82, 2.24) is 14.8 Å². The maximum absolute atomic E-state index is 11.8. The maximum atomic E-state index is 11.8. The first-order chi connectivity index (χ1) is 9.51. The van der Waals surface area contributed by atoms with E-state index in [1.807, 2.05) is 5.06 Å². The summed E-state index contributed by atoms with van der Waals surface area (Å²) in [6, 6.07) is 0. The van der Waals surface area contributed by atoms with Crippen molar-refractivity contribution in [3.63, 3.8) is 0 Å². The summed E-state index contributed by atoms with van der Waals surface area (Å²) in [6.07, 6.45) is 3.24. The minimum absolute atomic E-state index is 0.0833. The second-order valence-corrected chi connectivity index (χ2v) is 7.34. The molecule has 0 bridgehead atoms. The molecule has 1 aliphatic rings. The summed E-state index contributed by atoms with van der Waals surface area (Å²) in [4.78, 5) is 20.6. The normalized spacial score (nSPS) is 18.1. The lowest BCUT2D eigenvalue weighted by Gasteiger charge is -2.29. The summed E-state index contributed by atoms with van der Waals surface area (Å²) < 4.78 is 25.6. The largest absolute Gasteiger partial charge is 0.302 e. The van der Waals surface area contributed by atoms with Gasteiger partial charge in [0.1, 0.15) is 0 Å². The molecule has 1 aromatic heterocycles. The van der Waals surface area contributed by atoms with Gasteiger partial charge >= 0.3 is 0 Å². The molecular formula is C11H17N3O4S2. The molecule has 2 rings (SSSR count). The molecule has 112 valence electrons. The first-order valence-corrected chi connectivity index (χ1v) is 8.62. The molecule has 1 fully saturated rings. The van der Waals surface area contributed by atoms with Gasteiger partial charge in [0.25, 0.3) is 10.0 Å². The van der Waals surface area contributed by atoms with Crippen molar-refractivity contribution >= 4 is 27.3 Å². The lowest BCUT2D eigenvalue weighted by atomic mass is 9.94. The van der Waals surface area contributed by atoms with Crippen LogP contribution in [-0.2, 0) is 19.7 Å². The van der Waals surface area contributed by atoms with Gasteiger partial charge in [-0.25, -0.2) is 9.71 Å². The van der Waals surface area contributed by atoms with E-state index in [-0.39, 0.29) is 16.7 Å². The summed E-state index contributed by atoms with van der Waals surface area (Å²) in [5.41, 5.74) is 0. The molecule has 1 aromatic rings. The average molecular weight is 319 g/mol. The van der Waals surface area contributed by atoms with Gasteiger partial charge < -0.3 is 4.84 Å². The second-order valence-electron chi connectivity index (χ2n) is 4.59. The lowest BCUT2D eigenvalue weighted by molar-refractivity contribution is -0.149. The molecule has 0 aliphatic carbocycles. The van der Waals surface area contributed by atoms with Crippen molar-refractivity contribution < 1.29 is 18.0 Å². The van der Waals surface area contributed by atoms with Crippen LogP contribution in [-0.4, -0.2) is 44.6 Å². The van der Waals surface area contributed by atoms with Crippen LogP contribution in [0.15, 0.2) is 15.9 Å². The Balaban J connectivity index is 1.84. The van der Waals surface area contributed by atoms with Crippen molar-refractivity contribution in [2.24, 2.45) is 5.92 Å². The Hall–Kier alpha value is -1.03. The Kier molecular flexibility index (Phi) is 5.08. The molecule has 0 radical (unpaired) electrons. The van der Waals surface area contributed by atoms with E-state index in [0.717, 1.165) is 37.3 Å². The van der Waals surface area contributed by atoms with Crippen LogP contribution in [0.25, 0.3) is 0 Å². The van der Waals surface area contributed by atoms with Crippen LogP contribution in [0.4, 0.5) is 0 Å². The molecule has 0 aromatic carbocycles. The van der Waals surface area contributed by atoms with E-state index in [1.165, 1.54) is 6.20 Å². The Morgan fingerprint density at radius 2 is 2.25 bits per heavy atom. The number of carbonyl (C=O) groups is 1. The Labute approximate surface area is 122 Å². The van der Waals surface area contributed by atoms with Crippen LogP contribution in [0.3, 0.4) is 0 Å². The molecule has 0 saturated carbocycles. The molecule has 1 saturated heterocycles. The number of amides is 1. The Bertz CT molecular complexity index is 536. The molecule has 0 atom stereocenters. The molecule has 2 heterocycles. The van der Waals surface area contributed by atoms with Gasteiger partial charge in [-0.15, -0.1) is 11.3 Å². The van der Waals surface area contributed by atoms with E-state index in [2.05, 4.69) is 9.71 Å². The second kappa shape index (κ2) is 6.61. The van der Waals surface area contributed by atoms with Gasteiger partial charge in [-0.2, -0.15) is 13.5 Å². The summed E-state index contributed by atoms with van der Waals surface area (Å²) in [5.74, 6) is -0.288. The highest BCUT2D eigenvalue weighted by atomic mass is 32.2. The van der Waals surface area contributed by atoms with Gasteiger partial charge in [0.05, 0.1) is 7.11 Å². The third-order valence-electron chi connectivity index (χ3n) is 3.19. The van der Waals surface area contributed by atoms with Crippen LogP contribution < -0.4 is 4.72 Å². The van der Waals surface area contributed by atoms with Crippen molar-refractivity contribution in [3.8, 4) is 0 Å². The molecule has 1 aliphatic heterocycles. The quantitative estimate of drug-likeness (QED) is 0.855. The number of hydrogen-bond acceptors (Lipinski definition) is 7. The van der Waals surface area contributed by atoms with Crippen molar-refractivity contribution in [2.75, 3.05) is 20.2 Å². The Morgan fingerprint density at radius 3 is 2.80 bits per heavy atom. The number of sulfonamides is 1. The number of nitrogens with zero attached hydrogens (tertiary/aromatic N) is 2. The van der Waals surface area contributed by atoms with Gasteiger partial charge in [-0.05, 0) is 18.8 Å². The first-order valence-electron chi connectivity index (χ1n) is 6.25. The minimum atomic E-state index is -3.81. The zero-order valence-corrected chi connectivity index (χ0v) is 12.7. The van der Waals surface area contributed by atoms with Crippen LogP contribution in [0, 0.1) is 5.92 Å². The number of carbonyl (C=O) groups excluding carboxylic acids is 1. The van der Waals surface area contributed by atoms with E-state index < -0.39 is 15.9 Å². The fourth-order valence-corrected chi connectivity index (χ4v) is 3.96. The molecule has 7 nitrogen and oxygen atoms in total. The number of thiazole rings is 1. The van der Waals surface area contributed by atoms with E-state index in [4.69, 9.17) is 4.84 Å². The minimum Gasteiger partial charge on any atom is -0.302 e. The monoisotopic (exact) mass is 319 g/mol. The summed E-state index contributed by atoms with van der Waals surface area (Å²) in [5, 5.41) is 3.39. The maximum Gasteiger partial charge on any atom is 0.291 e. The predicted molar refractivity (Wildman–Crippen MR) is 73.4 cm³/mol. The van der Waals surface area contributed by atoms with Gasteiger partial charge in [0, 0.05) is 31.1 Å². The number of piperidine rings is 1. The number of hydroxylamine groups is 2. The third-order valence-corrected chi connectivity index (χ3v) is 5.77. The van der Waals surface area contributed by atoms with Crippen molar-refractivity contribution in [1.29, 1.82) is 0 Å².